The predicted molar refractivity (Wildman–Crippen MR) is 116 cm³/mol. The van der Waals surface area contributed by atoms with Gasteiger partial charge in [0.25, 0.3) is 0 Å². The summed E-state index contributed by atoms with van der Waals surface area (Å²) in [6.07, 6.45) is 5.35. The maximum Gasteiger partial charge on any atom is 0.235 e. The Kier molecular flexibility index (Phi) is 6.19. The number of halogens is 1. The van der Waals surface area contributed by atoms with Crippen molar-refractivity contribution in [3.63, 3.8) is 0 Å². The molecule has 29 heavy (non-hydrogen) atoms. The van der Waals surface area contributed by atoms with Gasteiger partial charge in [-0.25, -0.2) is 4.98 Å². The van der Waals surface area contributed by atoms with Crippen LogP contribution >= 0.6 is 34.7 Å². The van der Waals surface area contributed by atoms with Crippen LogP contribution in [-0.2, 0) is 17.6 Å². The summed E-state index contributed by atoms with van der Waals surface area (Å²) in [6.45, 7) is 0. The molecule has 1 aliphatic carbocycles. The second-order valence-corrected chi connectivity index (χ2v) is 9.17. The van der Waals surface area contributed by atoms with Crippen molar-refractivity contribution in [1.82, 2.24) is 15.2 Å². The number of carbonyl (C=O) groups is 1. The first kappa shape index (κ1) is 20.0. The second kappa shape index (κ2) is 8.99. The standard InChI is InChI=1S/C20H18ClN5OS2/c21-13-8-6-12(7-9-13)18-24-20(26-25-18)28-11-17(27)23-19-15(10-22)14-4-2-1-3-5-16(14)29-19/h6-9H,1-5,11H2,(H,23,27)(H,24,25,26). The van der Waals surface area contributed by atoms with Crippen LogP contribution in [0.15, 0.2) is 29.4 Å². The van der Waals surface area contributed by atoms with E-state index in [1.807, 2.05) is 12.1 Å². The molecule has 1 amide bonds. The van der Waals surface area contributed by atoms with Gasteiger partial charge in [0.1, 0.15) is 11.1 Å². The lowest BCUT2D eigenvalue weighted by Crippen LogP contribution is -2.14. The minimum atomic E-state index is -0.166. The first-order chi connectivity index (χ1) is 14.1. The lowest BCUT2D eigenvalue weighted by molar-refractivity contribution is -0.113. The predicted octanol–water partition coefficient (Wildman–Crippen LogP) is 5.06. The molecule has 148 valence electrons. The highest BCUT2D eigenvalue weighted by molar-refractivity contribution is 7.99. The third-order valence-corrected chi connectivity index (χ3v) is 7.01. The molecule has 4 rings (SSSR count). The van der Waals surface area contributed by atoms with Gasteiger partial charge in [0.15, 0.2) is 5.82 Å². The molecule has 9 heteroatoms. The molecular weight excluding hydrogens is 426 g/mol. The number of rotatable bonds is 5. The maximum absolute atomic E-state index is 12.4. The van der Waals surface area contributed by atoms with Crippen molar-refractivity contribution in [3.05, 3.63) is 45.3 Å². The van der Waals surface area contributed by atoms with Crippen LogP contribution in [0.1, 0.15) is 35.3 Å². The van der Waals surface area contributed by atoms with Crippen LogP contribution in [0.5, 0.6) is 0 Å². The number of amides is 1. The van der Waals surface area contributed by atoms with E-state index in [0.29, 0.717) is 26.6 Å². The number of carbonyl (C=O) groups excluding carboxylic acids is 1. The molecule has 0 radical (unpaired) electrons. The van der Waals surface area contributed by atoms with Gasteiger partial charge in [-0.05, 0) is 55.5 Å². The van der Waals surface area contributed by atoms with Gasteiger partial charge in [0, 0.05) is 15.5 Å². The molecule has 6 nitrogen and oxygen atoms in total. The van der Waals surface area contributed by atoms with Crippen molar-refractivity contribution in [2.24, 2.45) is 0 Å². The smallest absolute Gasteiger partial charge is 0.235 e. The lowest BCUT2D eigenvalue weighted by Gasteiger charge is -2.03. The van der Waals surface area contributed by atoms with E-state index in [-0.39, 0.29) is 11.7 Å². The largest absolute Gasteiger partial charge is 0.316 e. The molecule has 1 aromatic carbocycles. The third-order valence-electron chi connectivity index (χ3n) is 4.70. The molecular formula is C20H18ClN5OS2. The van der Waals surface area contributed by atoms with Crippen LogP contribution in [0.25, 0.3) is 11.4 Å². The fourth-order valence-electron chi connectivity index (χ4n) is 3.29. The van der Waals surface area contributed by atoms with Crippen LogP contribution in [0.4, 0.5) is 5.00 Å². The van der Waals surface area contributed by atoms with E-state index in [4.69, 9.17) is 11.6 Å². The van der Waals surface area contributed by atoms with Gasteiger partial charge < -0.3 is 5.32 Å². The molecule has 2 aromatic heterocycles. The summed E-state index contributed by atoms with van der Waals surface area (Å²) in [6, 6.07) is 9.57. The number of hydrogen-bond donors (Lipinski definition) is 2. The van der Waals surface area contributed by atoms with Gasteiger partial charge in [-0.3, -0.25) is 9.89 Å². The van der Waals surface area contributed by atoms with Crippen LogP contribution in [0, 0.1) is 11.3 Å². The van der Waals surface area contributed by atoms with Crippen LogP contribution in [0.3, 0.4) is 0 Å². The molecule has 1 aliphatic rings. The number of nitriles is 1. The van der Waals surface area contributed by atoms with Crippen LogP contribution in [-0.4, -0.2) is 26.8 Å². The topological polar surface area (TPSA) is 94.5 Å². The van der Waals surface area contributed by atoms with Gasteiger partial charge in [0.2, 0.25) is 11.1 Å². The molecule has 0 spiro atoms. The highest BCUT2D eigenvalue weighted by Gasteiger charge is 2.21. The summed E-state index contributed by atoms with van der Waals surface area (Å²) in [7, 11) is 0. The second-order valence-electron chi connectivity index (χ2n) is 6.69. The van der Waals surface area contributed by atoms with Gasteiger partial charge >= 0.3 is 0 Å². The average Bonchev–Trinajstić information content (AvgIpc) is 3.24. The molecule has 0 atom stereocenters. The SMILES string of the molecule is N#Cc1c(NC(=O)CSc2n[nH]c(-c3ccc(Cl)cc3)n2)sc2c1CCCCC2. The number of benzene rings is 1. The number of nitrogens with one attached hydrogen (secondary N) is 2. The summed E-state index contributed by atoms with van der Waals surface area (Å²) in [5, 5.41) is 21.3. The summed E-state index contributed by atoms with van der Waals surface area (Å²) in [5.41, 5.74) is 2.63. The highest BCUT2D eigenvalue weighted by Crippen LogP contribution is 2.37. The van der Waals surface area contributed by atoms with Crippen molar-refractivity contribution < 1.29 is 4.79 Å². The summed E-state index contributed by atoms with van der Waals surface area (Å²) in [5.74, 6) is 0.629. The first-order valence-electron chi connectivity index (χ1n) is 9.29. The van der Waals surface area contributed by atoms with E-state index < -0.39 is 0 Å². The maximum atomic E-state index is 12.4. The summed E-state index contributed by atoms with van der Waals surface area (Å²) >= 11 is 8.69. The molecule has 2 N–H and O–H groups in total. The molecule has 0 unspecified atom stereocenters. The Hall–Kier alpha value is -2.34. The zero-order valence-electron chi connectivity index (χ0n) is 15.5. The van der Waals surface area contributed by atoms with Crippen molar-refractivity contribution in [2.45, 2.75) is 37.3 Å². The fourth-order valence-corrected chi connectivity index (χ4v) is 5.27. The van der Waals surface area contributed by atoms with E-state index in [9.17, 15) is 10.1 Å². The zero-order chi connectivity index (χ0) is 20.2. The van der Waals surface area contributed by atoms with E-state index in [0.717, 1.165) is 36.8 Å². The first-order valence-corrected chi connectivity index (χ1v) is 11.5. The van der Waals surface area contributed by atoms with Crippen molar-refractivity contribution in [2.75, 3.05) is 11.1 Å². The highest BCUT2D eigenvalue weighted by atomic mass is 35.5. The number of fused-ring (bicyclic) bond motifs is 1. The van der Waals surface area contributed by atoms with Crippen molar-refractivity contribution in [1.29, 1.82) is 5.26 Å². The van der Waals surface area contributed by atoms with Crippen molar-refractivity contribution >= 4 is 45.6 Å². The number of aromatic nitrogens is 3. The zero-order valence-corrected chi connectivity index (χ0v) is 17.9. The van der Waals surface area contributed by atoms with Crippen LogP contribution < -0.4 is 5.32 Å². The Morgan fingerprint density at radius 2 is 2.07 bits per heavy atom. The lowest BCUT2D eigenvalue weighted by atomic mass is 10.1. The molecule has 0 fully saturated rings. The van der Waals surface area contributed by atoms with Crippen molar-refractivity contribution in [3.8, 4) is 17.5 Å². The van der Waals surface area contributed by atoms with E-state index in [1.165, 1.54) is 23.1 Å². The minimum Gasteiger partial charge on any atom is -0.316 e. The van der Waals surface area contributed by atoms with Gasteiger partial charge in [-0.1, -0.05) is 29.8 Å². The Labute approximate surface area is 181 Å². The number of thioether (sulfide) groups is 1. The molecule has 0 saturated heterocycles. The molecule has 3 aromatic rings. The third kappa shape index (κ3) is 4.64. The quantitative estimate of drug-likeness (QED) is 0.424. The molecule has 0 saturated carbocycles. The number of nitrogens with zero attached hydrogens (tertiary/aromatic N) is 3. The minimum absolute atomic E-state index is 0.166. The molecule has 0 aliphatic heterocycles. The van der Waals surface area contributed by atoms with E-state index in [2.05, 4.69) is 26.6 Å². The Morgan fingerprint density at radius 3 is 2.86 bits per heavy atom. The fraction of sp³-hybridized carbons (Fsp3) is 0.300. The van der Waals surface area contributed by atoms with Gasteiger partial charge in [-0.2, -0.15) is 5.26 Å². The number of thiophene rings is 1. The molecule has 0 bridgehead atoms. The van der Waals surface area contributed by atoms with Gasteiger partial charge in [0.05, 0.1) is 11.3 Å². The number of hydrogen-bond acceptors (Lipinski definition) is 6. The summed E-state index contributed by atoms with van der Waals surface area (Å²) < 4.78 is 0. The van der Waals surface area contributed by atoms with E-state index in [1.54, 1.807) is 23.5 Å². The number of aromatic amines is 1. The Bertz CT molecular complexity index is 1070. The van der Waals surface area contributed by atoms with Crippen LogP contribution in [0.2, 0.25) is 5.02 Å². The normalized spacial score (nSPS) is 13.4. The van der Waals surface area contributed by atoms with E-state index >= 15 is 0 Å². The Balaban J connectivity index is 1.39. The monoisotopic (exact) mass is 443 g/mol. The number of anilines is 1. The van der Waals surface area contributed by atoms with Gasteiger partial charge in [-0.15, -0.1) is 16.4 Å². The molecule has 2 heterocycles. The number of aryl methyl sites for hydroxylation is 1. The Morgan fingerprint density at radius 1 is 1.28 bits per heavy atom. The average molecular weight is 444 g/mol. The number of H-pyrrole nitrogens is 1. The summed E-state index contributed by atoms with van der Waals surface area (Å²) in [4.78, 5) is 18.1.